The molecule has 0 saturated heterocycles. The highest BCUT2D eigenvalue weighted by atomic mass is 19.1. The molecule has 0 radical (unpaired) electrons. The summed E-state index contributed by atoms with van der Waals surface area (Å²) in [6.45, 7) is 0.607. The molecule has 7 fully saturated rings. The molecule has 0 spiro atoms. The van der Waals surface area contributed by atoms with Gasteiger partial charge < -0.3 is 9.26 Å². The average Bonchev–Trinajstić information content (AvgIpc) is 3.70. The second kappa shape index (κ2) is 8.33. The van der Waals surface area contributed by atoms with Gasteiger partial charge in [-0.15, -0.1) is 0 Å². The molecular weight excluding hydrogens is 509 g/mol. The molecule has 8 nitrogen and oxygen atoms in total. The molecule has 0 atom stereocenters. The van der Waals surface area contributed by atoms with E-state index < -0.39 is 11.1 Å². The topological polar surface area (TPSA) is 94.2 Å². The number of carbonyl (C=O) groups is 1. The molecular formula is C31H34FN5O3. The number of ether oxygens (including phenoxy) is 1. The first kappa shape index (κ1) is 24.4. The third-order valence-electron chi connectivity index (χ3n) is 10.7. The van der Waals surface area contributed by atoms with E-state index in [2.05, 4.69) is 10.1 Å². The van der Waals surface area contributed by atoms with E-state index >= 15 is 0 Å². The number of amides is 1. The van der Waals surface area contributed by atoms with Crippen LogP contribution in [-0.4, -0.2) is 45.3 Å². The Hall–Kier alpha value is -3.36. The Kier molecular flexibility index (Phi) is 5.09. The number of aromatic nitrogens is 4. The number of rotatable bonds is 8. The number of hydrogen-bond acceptors (Lipinski definition) is 7. The fourth-order valence-corrected chi connectivity index (χ4v) is 7.99. The maximum atomic E-state index is 14.5. The van der Waals surface area contributed by atoms with Gasteiger partial charge in [0, 0.05) is 36.3 Å². The van der Waals surface area contributed by atoms with Gasteiger partial charge in [0.25, 0.3) is 0 Å². The smallest absolute Gasteiger partial charge is 0.234 e. The number of pyridine rings is 2. The molecule has 3 heterocycles. The molecule has 3 aromatic rings. The van der Waals surface area contributed by atoms with Crippen LogP contribution in [0.25, 0.3) is 11.1 Å². The Morgan fingerprint density at radius 2 is 1.70 bits per heavy atom. The lowest BCUT2D eigenvalue weighted by Gasteiger charge is -2.65. The van der Waals surface area contributed by atoms with Crippen LogP contribution in [0.15, 0.2) is 41.2 Å². The SMILES string of the molecule is COc1cc(-c2ccnc(N(CC34CCC(c5nc(C6CC6)no5)(CC3)CC4)C(=O)C34CC(F)(C3)C4)c2)ccn1. The maximum absolute atomic E-state index is 14.5. The molecule has 3 aromatic heterocycles. The van der Waals surface area contributed by atoms with Gasteiger partial charge >= 0.3 is 0 Å². The van der Waals surface area contributed by atoms with Gasteiger partial charge in [-0.3, -0.25) is 9.69 Å². The molecule has 7 aliphatic carbocycles. The number of anilines is 1. The van der Waals surface area contributed by atoms with Gasteiger partial charge in [0.05, 0.1) is 12.5 Å². The van der Waals surface area contributed by atoms with Crippen LogP contribution in [0.4, 0.5) is 10.2 Å². The molecule has 4 bridgehead atoms. The minimum atomic E-state index is -1.14. The third-order valence-corrected chi connectivity index (χ3v) is 10.7. The van der Waals surface area contributed by atoms with Crippen LogP contribution in [-0.2, 0) is 10.2 Å². The molecule has 0 N–H and O–H groups in total. The highest BCUT2D eigenvalue weighted by Crippen LogP contribution is 2.70. The Balaban J connectivity index is 1.08. The number of nitrogens with zero attached hydrogens (tertiary/aromatic N) is 5. The van der Waals surface area contributed by atoms with Crippen molar-refractivity contribution in [3.8, 4) is 17.0 Å². The fourth-order valence-electron chi connectivity index (χ4n) is 7.99. The number of methoxy groups -OCH3 is 1. The summed E-state index contributed by atoms with van der Waals surface area (Å²) in [6, 6.07) is 7.72. The summed E-state index contributed by atoms with van der Waals surface area (Å²) in [5.74, 6) is 3.38. The Labute approximate surface area is 232 Å². The van der Waals surface area contributed by atoms with Crippen molar-refractivity contribution in [2.75, 3.05) is 18.6 Å². The van der Waals surface area contributed by atoms with Crippen LogP contribution >= 0.6 is 0 Å². The summed E-state index contributed by atoms with van der Waals surface area (Å²) < 4.78 is 25.7. The van der Waals surface area contributed by atoms with Gasteiger partial charge in [-0.1, -0.05) is 5.16 Å². The summed E-state index contributed by atoms with van der Waals surface area (Å²) in [4.78, 5) is 29.8. The van der Waals surface area contributed by atoms with E-state index in [0.717, 1.165) is 74.2 Å². The largest absolute Gasteiger partial charge is 0.481 e. The van der Waals surface area contributed by atoms with Crippen molar-refractivity contribution in [3.63, 3.8) is 0 Å². The van der Waals surface area contributed by atoms with E-state index in [1.165, 1.54) is 0 Å². The molecule has 0 unspecified atom stereocenters. The minimum absolute atomic E-state index is 0.00522. The van der Waals surface area contributed by atoms with E-state index in [1.54, 1.807) is 19.5 Å². The number of hydrogen-bond donors (Lipinski definition) is 0. The number of halogens is 1. The van der Waals surface area contributed by atoms with Crippen molar-refractivity contribution in [1.82, 2.24) is 20.1 Å². The number of alkyl halides is 1. The van der Waals surface area contributed by atoms with Crippen LogP contribution in [0.5, 0.6) is 5.88 Å². The van der Waals surface area contributed by atoms with Crippen LogP contribution in [0.2, 0.25) is 0 Å². The second-order valence-corrected chi connectivity index (χ2v) is 13.4. The lowest BCUT2D eigenvalue weighted by Crippen LogP contribution is -2.71. The number of fused-ring (bicyclic) bond motifs is 3. The van der Waals surface area contributed by atoms with E-state index in [1.807, 2.05) is 29.2 Å². The van der Waals surface area contributed by atoms with Gasteiger partial charge in [-0.05, 0) is 105 Å². The first-order valence-electron chi connectivity index (χ1n) is 14.6. The van der Waals surface area contributed by atoms with Crippen molar-refractivity contribution >= 4 is 11.7 Å². The Morgan fingerprint density at radius 3 is 2.35 bits per heavy atom. The van der Waals surface area contributed by atoms with Crippen LogP contribution in [0.1, 0.15) is 88.3 Å². The van der Waals surface area contributed by atoms with Crippen molar-refractivity contribution in [1.29, 1.82) is 0 Å². The maximum Gasteiger partial charge on any atom is 0.234 e. The van der Waals surface area contributed by atoms with Crippen LogP contribution in [0.3, 0.4) is 0 Å². The normalized spacial score (nSPS) is 33.6. The predicted molar refractivity (Wildman–Crippen MR) is 145 cm³/mol. The quantitative estimate of drug-likeness (QED) is 0.348. The standard InChI is InChI=1S/C31H34FN5O3/c1-39-24-15-22(5-13-34-24)21-4-12-33-23(14-21)37(27(38)30-16-31(32,17-30)18-30)19-28-6-9-29(10-7-28,11-8-28)26-35-25(36-40-26)20-2-3-20/h4-5,12-15,20H,2-3,6-11,16-19H2,1H3. The van der Waals surface area contributed by atoms with Crippen molar-refractivity contribution < 1.29 is 18.4 Å². The molecule has 7 aliphatic rings. The summed E-state index contributed by atoms with van der Waals surface area (Å²) in [5.41, 5.74) is 0.143. The lowest BCUT2D eigenvalue weighted by molar-refractivity contribution is -0.211. The summed E-state index contributed by atoms with van der Waals surface area (Å²) in [6.07, 6.45) is 12.8. The zero-order chi connectivity index (χ0) is 27.2. The van der Waals surface area contributed by atoms with Crippen molar-refractivity contribution in [2.24, 2.45) is 10.8 Å². The van der Waals surface area contributed by atoms with Crippen LogP contribution in [0, 0.1) is 10.8 Å². The first-order chi connectivity index (χ1) is 19.3. The van der Waals surface area contributed by atoms with Gasteiger partial charge in [0.15, 0.2) is 5.82 Å². The van der Waals surface area contributed by atoms with Crippen LogP contribution < -0.4 is 9.64 Å². The molecule has 208 valence electrons. The highest BCUT2D eigenvalue weighted by Gasteiger charge is 2.73. The van der Waals surface area contributed by atoms with Gasteiger partial charge in [-0.2, -0.15) is 4.98 Å². The second-order valence-electron chi connectivity index (χ2n) is 13.4. The molecule has 1 amide bonds. The molecule has 9 heteroatoms. The number of carbonyl (C=O) groups excluding carboxylic acids is 1. The lowest BCUT2D eigenvalue weighted by atomic mass is 9.41. The van der Waals surface area contributed by atoms with Crippen molar-refractivity contribution in [3.05, 3.63) is 48.4 Å². The summed E-state index contributed by atoms with van der Waals surface area (Å²) in [7, 11) is 1.60. The monoisotopic (exact) mass is 543 g/mol. The van der Waals surface area contributed by atoms with Crippen molar-refractivity contribution in [2.45, 2.75) is 87.6 Å². The van der Waals surface area contributed by atoms with E-state index in [-0.39, 0.29) is 16.7 Å². The zero-order valence-corrected chi connectivity index (χ0v) is 22.9. The first-order valence-corrected chi connectivity index (χ1v) is 14.6. The summed E-state index contributed by atoms with van der Waals surface area (Å²) >= 11 is 0. The fraction of sp³-hybridized carbons (Fsp3) is 0.581. The van der Waals surface area contributed by atoms with E-state index in [4.69, 9.17) is 19.2 Å². The van der Waals surface area contributed by atoms with Gasteiger partial charge in [0.2, 0.25) is 17.7 Å². The van der Waals surface area contributed by atoms with Gasteiger partial charge in [-0.25, -0.2) is 14.4 Å². The van der Waals surface area contributed by atoms with Gasteiger partial charge in [0.1, 0.15) is 11.5 Å². The van der Waals surface area contributed by atoms with E-state index in [9.17, 15) is 9.18 Å². The third kappa shape index (κ3) is 3.72. The molecule has 40 heavy (non-hydrogen) atoms. The Bertz CT molecular complexity index is 1460. The minimum Gasteiger partial charge on any atom is -0.481 e. The molecule has 7 saturated carbocycles. The predicted octanol–water partition coefficient (Wildman–Crippen LogP) is 5.93. The molecule has 0 aromatic carbocycles. The highest BCUT2D eigenvalue weighted by molar-refractivity contribution is 6.00. The molecule has 10 rings (SSSR count). The average molecular weight is 544 g/mol. The van der Waals surface area contributed by atoms with E-state index in [0.29, 0.717) is 43.4 Å². The molecule has 0 aliphatic heterocycles. The summed E-state index contributed by atoms with van der Waals surface area (Å²) in [5, 5.41) is 4.30. The zero-order valence-electron chi connectivity index (χ0n) is 22.9. The Morgan fingerprint density at radius 1 is 1.02 bits per heavy atom.